The summed E-state index contributed by atoms with van der Waals surface area (Å²) in [6.07, 6.45) is 0.690. The lowest BCUT2D eigenvalue weighted by Crippen LogP contribution is -2.37. The fourth-order valence-corrected chi connectivity index (χ4v) is 1.86. The monoisotopic (exact) mass is 298 g/mol. The van der Waals surface area contributed by atoms with Crippen molar-refractivity contribution in [2.75, 3.05) is 32.1 Å². The number of carbonyl (C=O) groups excluding carboxylic acids is 2. The lowest BCUT2D eigenvalue weighted by atomic mass is 10.3. The number of amides is 2. The molecular formula is C14H19ClN2O3. The van der Waals surface area contributed by atoms with Crippen LogP contribution in [0.2, 0.25) is 5.02 Å². The summed E-state index contributed by atoms with van der Waals surface area (Å²) in [5, 5.41) is 3.16. The van der Waals surface area contributed by atoms with Crippen molar-refractivity contribution < 1.29 is 14.3 Å². The van der Waals surface area contributed by atoms with Crippen LogP contribution in [0.1, 0.15) is 13.3 Å². The molecule has 110 valence electrons. The Morgan fingerprint density at radius 3 is 2.65 bits per heavy atom. The Hall–Kier alpha value is -1.59. The van der Waals surface area contributed by atoms with E-state index in [9.17, 15) is 9.59 Å². The van der Waals surface area contributed by atoms with Crippen LogP contribution in [-0.2, 0) is 14.3 Å². The van der Waals surface area contributed by atoms with Crippen molar-refractivity contribution in [1.82, 2.24) is 4.90 Å². The van der Waals surface area contributed by atoms with E-state index in [1.165, 1.54) is 11.8 Å². The predicted molar refractivity (Wildman–Crippen MR) is 78.8 cm³/mol. The SMILES string of the molecule is COCCCN(CC(=O)Nc1ccccc1Cl)C(C)=O. The van der Waals surface area contributed by atoms with E-state index in [1.807, 2.05) is 0 Å². The van der Waals surface area contributed by atoms with Crippen molar-refractivity contribution >= 4 is 29.1 Å². The van der Waals surface area contributed by atoms with Gasteiger partial charge in [0, 0.05) is 27.2 Å². The zero-order valence-electron chi connectivity index (χ0n) is 11.7. The molecule has 1 aromatic carbocycles. The van der Waals surface area contributed by atoms with Gasteiger partial charge in [0.25, 0.3) is 0 Å². The van der Waals surface area contributed by atoms with E-state index in [0.717, 1.165) is 0 Å². The summed E-state index contributed by atoms with van der Waals surface area (Å²) < 4.78 is 4.93. The third-order valence-corrected chi connectivity index (χ3v) is 3.03. The number of hydrogen-bond donors (Lipinski definition) is 1. The summed E-state index contributed by atoms with van der Waals surface area (Å²) in [6.45, 7) is 2.48. The number of benzene rings is 1. The van der Waals surface area contributed by atoms with Gasteiger partial charge in [-0.3, -0.25) is 9.59 Å². The minimum atomic E-state index is -0.272. The lowest BCUT2D eigenvalue weighted by Gasteiger charge is -2.20. The maximum absolute atomic E-state index is 11.9. The van der Waals surface area contributed by atoms with Crippen molar-refractivity contribution in [3.8, 4) is 0 Å². The van der Waals surface area contributed by atoms with Gasteiger partial charge in [-0.1, -0.05) is 23.7 Å². The standard InChI is InChI=1S/C14H19ClN2O3/c1-11(18)17(8-5-9-20-2)10-14(19)16-13-7-4-3-6-12(13)15/h3-4,6-7H,5,8-10H2,1-2H3,(H,16,19). The minimum absolute atomic E-state index is 0.00424. The number of halogens is 1. The maximum Gasteiger partial charge on any atom is 0.244 e. The van der Waals surface area contributed by atoms with Crippen LogP contribution in [0.25, 0.3) is 0 Å². The molecule has 0 fully saturated rings. The predicted octanol–water partition coefficient (Wildman–Crippen LogP) is 2.16. The Kier molecular flexibility index (Phi) is 7.04. The molecular weight excluding hydrogens is 280 g/mol. The van der Waals surface area contributed by atoms with Gasteiger partial charge in [0.1, 0.15) is 0 Å². The van der Waals surface area contributed by atoms with Gasteiger partial charge in [0.05, 0.1) is 17.3 Å². The second-order valence-corrected chi connectivity index (χ2v) is 4.72. The number of nitrogens with zero attached hydrogens (tertiary/aromatic N) is 1. The third-order valence-electron chi connectivity index (χ3n) is 2.70. The molecule has 0 aromatic heterocycles. The number of rotatable bonds is 7. The fourth-order valence-electron chi connectivity index (χ4n) is 1.67. The van der Waals surface area contributed by atoms with Gasteiger partial charge in [-0.2, -0.15) is 0 Å². The van der Waals surface area contributed by atoms with Crippen LogP contribution in [0.4, 0.5) is 5.69 Å². The van der Waals surface area contributed by atoms with Crippen LogP contribution in [-0.4, -0.2) is 43.5 Å². The first-order valence-electron chi connectivity index (χ1n) is 6.33. The van der Waals surface area contributed by atoms with Crippen molar-refractivity contribution in [2.45, 2.75) is 13.3 Å². The molecule has 6 heteroatoms. The molecule has 0 aliphatic heterocycles. The summed E-state index contributed by atoms with van der Waals surface area (Å²) in [7, 11) is 1.60. The van der Waals surface area contributed by atoms with Gasteiger partial charge in [0.2, 0.25) is 11.8 Å². The van der Waals surface area contributed by atoms with Gasteiger partial charge in [-0.05, 0) is 18.6 Å². The largest absolute Gasteiger partial charge is 0.385 e. The molecule has 0 atom stereocenters. The number of hydrogen-bond acceptors (Lipinski definition) is 3. The average Bonchev–Trinajstić information content (AvgIpc) is 2.40. The van der Waals surface area contributed by atoms with Gasteiger partial charge in [-0.25, -0.2) is 0 Å². The Morgan fingerprint density at radius 2 is 2.05 bits per heavy atom. The van der Waals surface area contributed by atoms with E-state index in [2.05, 4.69) is 5.32 Å². The highest BCUT2D eigenvalue weighted by molar-refractivity contribution is 6.33. The maximum atomic E-state index is 11.9. The molecule has 0 aliphatic carbocycles. The summed E-state index contributed by atoms with van der Waals surface area (Å²) >= 11 is 5.96. The van der Waals surface area contributed by atoms with Crippen molar-refractivity contribution in [3.63, 3.8) is 0 Å². The molecule has 0 spiro atoms. The molecule has 0 heterocycles. The van der Waals surface area contributed by atoms with E-state index in [0.29, 0.717) is 30.3 Å². The van der Waals surface area contributed by atoms with E-state index in [4.69, 9.17) is 16.3 Å². The van der Waals surface area contributed by atoms with E-state index in [-0.39, 0.29) is 18.4 Å². The lowest BCUT2D eigenvalue weighted by molar-refractivity contribution is -0.132. The van der Waals surface area contributed by atoms with Gasteiger partial charge in [-0.15, -0.1) is 0 Å². The van der Waals surface area contributed by atoms with Crippen LogP contribution >= 0.6 is 11.6 Å². The summed E-state index contributed by atoms with van der Waals surface area (Å²) in [4.78, 5) is 24.9. The first-order chi connectivity index (χ1) is 9.54. The smallest absolute Gasteiger partial charge is 0.244 e. The molecule has 1 aromatic rings. The highest BCUT2D eigenvalue weighted by atomic mass is 35.5. The van der Waals surface area contributed by atoms with Gasteiger partial charge < -0.3 is 15.0 Å². The van der Waals surface area contributed by atoms with Crippen LogP contribution in [0.3, 0.4) is 0 Å². The van der Waals surface area contributed by atoms with Crippen LogP contribution in [0.5, 0.6) is 0 Å². The Morgan fingerprint density at radius 1 is 1.35 bits per heavy atom. The van der Waals surface area contributed by atoms with Gasteiger partial charge in [0.15, 0.2) is 0 Å². The molecule has 20 heavy (non-hydrogen) atoms. The topological polar surface area (TPSA) is 58.6 Å². The number of methoxy groups -OCH3 is 1. The second-order valence-electron chi connectivity index (χ2n) is 4.31. The van der Waals surface area contributed by atoms with E-state index in [1.54, 1.807) is 31.4 Å². The van der Waals surface area contributed by atoms with E-state index < -0.39 is 0 Å². The Balaban J connectivity index is 2.54. The molecule has 0 saturated heterocycles. The Labute approximate surface area is 123 Å². The highest BCUT2D eigenvalue weighted by Gasteiger charge is 2.14. The average molecular weight is 299 g/mol. The first kappa shape index (κ1) is 16.5. The quantitative estimate of drug-likeness (QED) is 0.785. The minimum Gasteiger partial charge on any atom is -0.385 e. The molecule has 2 amide bonds. The molecule has 1 N–H and O–H groups in total. The van der Waals surface area contributed by atoms with Gasteiger partial charge >= 0.3 is 0 Å². The zero-order chi connectivity index (χ0) is 15.0. The number of para-hydroxylation sites is 1. The zero-order valence-corrected chi connectivity index (χ0v) is 12.4. The Bertz CT molecular complexity index is 465. The second kappa shape index (κ2) is 8.55. The number of carbonyl (C=O) groups is 2. The van der Waals surface area contributed by atoms with Crippen LogP contribution in [0.15, 0.2) is 24.3 Å². The molecule has 0 unspecified atom stereocenters. The molecule has 5 nitrogen and oxygen atoms in total. The van der Waals surface area contributed by atoms with Crippen molar-refractivity contribution in [3.05, 3.63) is 29.3 Å². The van der Waals surface area contributed by atoms with Crippen LogP contribution < -0.4 is 5.32 Å². The normalized spacial score (nSPS) is 10.2. The summed E-state index contributed by atoms with van der Waals surface area (Å²) in [5.41, 5.74) is 0.541. The summed E-state index contributed by atoms with van der Waals surface area (Å²) in [5.74, 6) is -0.416. The third kappa shape index (κ3) is 5.59. The number of nitrogens with one attached hydrogen (secondary N) is 1. The fraction of sp³-hybridized carbons (Fsp3) is 0.429. The van der Waals surface area contributed by atoms with Crippen LogP contribution in [0, 0.1) is 0 Å². The molecule has 0 saturated carbocycles. The highest BCUT2D eigenvalue weighted by Crippen LogP contribution is 2.20. The number of anilines is 1. The number of ether oxygens (including phenoxy) is 1. The first-order valence-corrected chi connectivity index (χ1v) is 6.71. The summed E-state index contributed by atoms with van der Waals surface area (Å²) in [6, 6.07) is 6.97. The molecule has 0 bridgehead atoms. The van der Waals surface area contributed by atoms with E-state index >= 15 is 0 Å². The molecule has 0 aliphatic rings. The molecule has 1 rings (SSSR count). The molecule has 0 radical (unpaired) electrons. The van der Waals surface area contributed by atoms with Crippen molar-refractivity contribution in [2.24, 2.45) is 0 Å². The van der Waals surface area contributed by atoms with Crippen molar-refractivity contribution in [1.29, 1.82) is 0 Å².